The number of esters is 1. The summed E-state index contributed by atoms with van der Waals surface area (Å²) >= 11 is 0. The molecule has 0 saturated heterocycles. The van der Waals surface area contributed by atoms with E-state index in [1.165, 1.54) is 13.0 Å². The van der Waals surface area contributed by atoms with Crippen molar-refractivity contribution in [1.82, 2.24) is 0 Å². The van der Waals surface area contributed by atoms with Gasteiger partial charge in [-0.1, -0.05) is 13.3 Å². The first-order valence-electron chi connectivity index (χ1n) is 7.53. The molecule has 5 nitrogen and oxygen atoms in total. The van der Waals surface area contributed by atoms with Crippen LogP contribution in [0.1, 0.15) is 42.6 Å². The molecule has 0 aliphatic carbocycles. The summed E-state index contributed by atoms with van der Waals surface area (Å²) < 4.78 is 10.5. The number of fused-ring (bicyclic) bond motifs is 1. The van der Waals surface area contributed by atoms with Crippen LogP contribution in [-0.2, 0) is 11.2 Å². The molecule has 0 aliphatic rings. The van der Waals surface area contributed by atoms with Crippen LogP contribution in [0.4, 0.5) is 0 Å². The zero-order valence-electron chi connectivity index (χ0n) is 13.5. The molecule has 0 aliphatic heterocycles. The maximum Gasteiger partial charge on any atom is 0.336 e. The van der Waals surface area contributed by atoms with Gasteiger partial charge in [0.05, 0.1) is 12.7 Å². The van der Waals surface area contributed by atoms with Gasteiger partial charge < -0.3 is 14.6 Å². The molecule has 0 spiro atoms. The predicted molar refractivity (Wildman–Crippen MR) is 87.4 cm³/mol. The highest BCUT2D eigenvalue weighted by molar-refractivity contribution is 6.02. The number of aryl methyl sites for hydroxylation is 1. The Kier molecular flexibility index (Phi) is 5.21. The van der Waals surface area contributed by atoms with E-state index >= 15 is 0 Å². The number of unbranched alkanes of at least 4 members (excludes halogenated alkanes) is 1. The second-order valence-electron chi connectivity index (χ2n) is 5.31. The molecule has 0 atom stereocenters. The largest absolute Gasteiger partial charge is 0.497 e. The van der Waals surface area contributed by atoms with Crippen LogP contribution < -0.4 is 9.47 Å². The highest BCUT2D eigenvalue weighted by atomic mass is 16.5. The third-order valence-electron chi connectivity index (χ3n) is 3.68. The molecule has 2 aromatic rings. The van der Waals surface area contributed by atoms with Crippen LogP contribution in [0, 0.1) is 0 Å². The summed E-state index contributed by atoms with van der Waals surface area (Å²) in [5, 5.41) is 11.0. The van der Waals surface area contributed by atoms with Crippen LogP contribution >= 0.6 is 0 Å². The number of carboxylic acid groups (broad SMARTS) is 1. The molecule has 1 N–H and O–H groups in total. The molecule has 0 bridgehead atoms. The third-order valence-corrected chi connectivity index (χ3v) is 3.68. The van der Waals surface area contributed by atoms with Crippen molar-refractivity contribution in [3.05, 3.63) is 35.4 Å². The van der Waals surface area contributed by atoms with Crippen LogP contribution in [0.3, 0.4) is 0 Å². The molecule has 2 aromatic carbocycles. The number of rotatable bonds is 6. The number of benzene rings is 2. The van der Waals surface area contributed by atoms with Crippen molar-refractivity contribution in [3.63, 3.8) is 0 Å². The lowest BCUT2D eigenvalue weighted by molar-refractivity contribution is -0.131. The molecule has 0 fully saturated rings. The highest BCUT2D eigenvalue weighted by Gasteiger charge is 2.18. The van der Waals surface area contributed by atoms with Gasteiger partial charge in [0, 0.05) is 12.3 Å². The van der Waals surface area contributed by atoms with E-state index in [1.54, 1.807) is 25.3 Å². The number of carboxylic acids is 1. The molecule has 0 amide bonds. The average Bonchev–Trinajstić information content (AvgIpc) is 2.52. The minimum atomic E-state index is -1.03. The Bertz CT molecular complexity index is 749. The van der Waals surface area contributed by atoms with Gasteiger partial charge in [-0.2, -0.15) is 0 Å². The van der Waals surface area contributed by atoms with E-state index in [4.69, 9.17) is 9.47 Å². The van der Waals surface area contributed by atoms with Crippen molar-refractivity contribution in [2.45, 2.75) is 33.1 Å². The Morgan fingerprint density at radius 1 is 1.17 bits per heavy atom. The molecule has 2 rings (SSSR count). The van der Waals surface area contributed by atoms with E-state index in [-0.39, 0.29) is 11.3 Å². The standard InChI is InChI=1S/C18H20O5/c1-4-5-6-13-15-9-12(22-3)7-8-14(15)17(23-11(2)19)10-16(13)18(20)21/h7-10H,4-6H2,1-3H3,(H,20,21). The van der Waals surface area contributed by atoms with Crippen molar-refractivity contribution < 1.29 is 24.2 Å². The second kappa shape index (κ2) is 7.13. The summed E-state index contributed by atoms with van der Waals surface area (Å²) in [5.74, 6) is -0.631. The summed E-state index contributed by atoms with van der Waals surface area (Å²) in [6, 6.07) is 6.77. The van der Waals surface area contributed by atoms with Crippen molar-refractivity contribution in [2.24, 2.45) is 0 Å². The van der Waals surface area contributed by atoms with Crippen LogP contribution in [0.15, 0.2) is 24.3 Å². The smallest absolute Gasteiger partial charge is 0.336 e. The molecular formula is C18H20O5. The zero-order valence-corrected chi connectivity index (χ0v) is 13.5. The molecule has 0 saturated carbocycles. The van der Waals surface area contributed by atoms with Gasteiger partial charge >= 0.3 is 11.9 Å². The Balaban J connectivity index is 2.78. The van der Waals surface area contributed by atoms with E-state index in [0.29, 0.717) is 17.6 Å². The molecular weight excluding hydrogens is 296 g/mol. The second-order valence-corrected chi connectivity index (χ2v) is 5.31. The van der Waals surface area contributed by atoms with E-state index in [0.717, 1.165) is 23.8 Å². The normalized spacial score (nSPS) is 10.6. The van der Waals surface area contributed by atoms with Crippen molar-refractivity contribution in [1.29, 1.82) is 0 Å². The Hall–Kier alpha value is -2.56. The molecule has 0 heterocycles. The first-order chi connectivity index (χ1) is 11.0. The summed E-state index contributed by atoms with van der Waals surface area (Å²) in [6.07, 6.45) is 2.47. The number of carbonyl (C=O) groups is 2. The molecule has 23 heavy (non-hydrogen) atoms. The lowest BCUT2D eigenvalue weighted by Gasteiger charge is -2.15. The van der Waals surface area contributed by atoms with Gasteiger partial charge in [0.1, 0.15) is 11.5 Å². The Morgan fingerprint density at radius 2 is 1.91 bits per heavy atom. The monoisotopic (exact) mass is 316 g/mol. The first-order valence-corrected chi connectivity index (χ1v) is 7.53. The van der Waals surface area contributed by atoms with Crippen LogP contribution in [-0.4, -0.2) is 24.2 Å². The maximum absolute atomic E-state index is 11.6. The van der Waals surface area contributed by atoms with Gasteiger partial charge in [0.25, 0.3) is 0 Å². The van der Waals surface area contributed by atoms with Gasteiger partial charge in [-0.25, -0.2) is 4.79 Å². The summed E-state index contributed by atoms with van der Waals surface area (Å²) in [6.45, 7) is 3.34. The third kappa shape index (κ3) is 3.62. The van der Waals surface area contributed by atoms with E-state index in [1.807, 2.05) is 0 Å². The summed E-state index contributed by atoms with van der Waals surface area (Å²) in [4.78, 5) is 23.0. The zero-order chi connectivity index (χ0) is 17.0. The SMILES string of the molecule is CCCCc1c(C(=O)O)cc(OC(C)=O)c2ccc(OC)cc12. The van der Waals surface area contributed by atoms with Gasteiger partial charge in [0.15, 0.2) is 0 Å². The number of hydrogen-bond acceptors (Lipinski definition) is 4. The molecule has 0 aromatic heterocycles. The Morgan fingerprint density at radius 3 is 2.48 bits per heavy atom. The predicted octanol–water partition coefficient (Wildman–Crippen LogP) is 3.81. The van der Waals surface area contributed by atoms with Crippen molar-refractivity contribution in [3.8, 4) is 11.5 Å². The van der Waals surface area contributed by atoms with Gasteiger partial charge in [-0.15, -0.1) is 0 Å². The lowest BCUT2D eigenvalue weighted by atomic mass is 9.94. The number of methoxy groups -OCH3 is 1. The van der Waals surface area contributed by atoms with Gasteiger partial charge in [-0.3, -0.25) is 4.79 Å². The van der Waals surface area contributed by atoms with E-state index < -0.39 is 11.9 Å². The number of hydrogen-bond donors (Lipinski definition) is 1. The van der Waals surface area contributed by atoms with Crippen LogP contribution in [0.25, 0.3) is 10.8 Å². The summed E-state index contributed by atoms with van der Waals surface area (Å²) in [7, 11) is 1.56. The van der Waals surface area contributed by atoms with Gasteiger partial charge in [0.2, 0.25) is 0 Å². The fraction of sp³-hybridized carbons (Fsp3) is 0.333. The molecule has 0 unspecified atom stereocenters. The molecule has 5 heteroatoms. The lowest BCUT2D eigenvalue weighted by Crippen LogP contribution is -2.08. The van der Waals surface area contributed by atoms with Crippen LogP contribution in [0.2, 0.25) is 0 Å². The highest BCUT2D eigenvalue weighted by Crippen LogP contribution is 2.35. The molecule has 122 valence electrons. The Labute approximate surface area is 134 Å². The topological polar surface area (TPSA) is 72.8 Å². The van der Waals surface area contributed by atoms with E-state index in [2.05, 4.69) is 6.92 Å². The number of ether oxygens (including phenoxy) is 2. The van der Waals surface area contributed by atoms with Gasteiger partial charge in [-0.05, 0) is 48.1 Å². The van der Waals surface area contributed by atoms with Crippen molar-refractivity contribution in [2.75, 3.05) is 7.11 Å². The average molecular weight is 316 g/mol. The minimum absolute atomic E-state index is 0.162. The number of carbonyl (C=O) groups excluding carboxylic acids is 1. The van der Waals surface area contributed by atoms with Crippen LogP contribution in [0.5, 0.6) is 11.5 Å². The molecule has 0 radical (unpaired) electrons. The van der Waals surface area contributed by atoms with E-state index in [9.17, 15) is 14.7 Å². The quantitative estimate of drug-likeness (QED) is 0.648. The minimum Gasteiger partial charge on any atom is -0.497 e. The van der Waals surface area contributed by atoms with Crippen molar-refractivity contribution >= 4 is 22.7 Å². The first kappa shape index (κ1) is 16.8. The fourth-order valence-electron chi connectivity index (χ4n) is 2.61. The number of aromatic carboxylic acids is 1. The fourth-order valence-corrected chi connectivity index (χ4v) is 2.61. The summed E-state index contributed by atoms with van der Waals surface area (Å²) in [5.41, 5.74) is 0.902. The maximum atomic E-state index is 11.6.